The Morgan fingerprint density at radius 2 is 2.00 bits per heavy atom. The Labute approximate surface area is 101 Å². The average molecular weight is 255 g/mol. The van der Waals surface area contributed by atoms with Crippen molar-refractivity contribution >= 4 is 36.2 Å². The van der Waals surface area contributed by atoms with E-state index in [0.717, 1.165) is 19.0 Å². The number of hydrogen-bond donors (Lipinski definition) is 1. The van der Waals surface area contributed by atoms with Crippen molar-refractivity contribution < 1.29 is 0 Å². The topological polar surface area (TPSA) is 24.9 Å². The molecule has 0 unspecified atom stereocenters. The fourth-order valence-electron chi connectivity index (χ4n) is 1.69. The van der Waals surface area contributed by atoms with Gasteiger partial charge < -0.3 is 5.32 Å². The van der Waals surface area contributed by atoms with Crippen LogP contribution < -0.4 is 5.32 Å². The van der Waals surface area contributed by atoms with Gasteiger partial charge in [-0.2, -0.15) is 0 Å². The molecule has 2 heterocycles. The van der Waals surface area contributed by atoms with Crippen molar-refractivity contribution in [3.8, 4) is 0 Å². The Morgan fingerprint density at radius 1 is 1.36 bits per heavy atom. The maximum Gasteiger partial charge on any atom is 0.0897 e. The van der Waals surface area contributed by atoms with Crippen molar-refractivity contribution in [3.63, 3.8) is 0 Å². The van der Waals surface area contributed by atoms with Crippen molar-refractivity contribution in [2.45, 2.75) is 25.7 Å². The first-order valence-corrected chi connectivity index (χ1v) is 5.37. The third kappa shape index (κ3) is 3.39. The van der Waals surface area contributed by atoms with Crippen LogP contribution in [0.1, 0.15) is 29.5 Å². The number of halogens is 2. The molecular weight excluding hydrogens is 239 g/mol. The summed E-state index contributed by atoms with van der Waals surface area (Å²) in [7, 11) is 0. The summed E-state index contributed by atoms with van der Waals surface area (Å²) in [6, 6.07) is 0. The van der Waals surface area contributed by atoms with Crippen molar-refractivity contribution in [1.29, 1.82) is 0 Å². The maximum atomic E-state index is 4.53. The van der Waals surface area contributed by atoms with Crippen LogP contribution in [0.2, 0.25) is 0 Å². The molecule has 1 aromatic heterocycles. The Kier molecular flexibility index (Phi) is 6.70. The zero-order valence-corrected chi connectivity index (χ0v) is 10.6. The van der Waals surface area contributed by atoms with Gasteiger partial charge in [-0.1, -0.05) is 0 Å². The molecular formula is C9H16Cl2N2S. The van der Waals surface area contributed by atoms with Gasteiger partial charge in [-0.05, 0) is 32.9 Å². The molecule has 1 aliphatic heterocycles. The standard InChI is InChI=1S/C9H14N2S.2ClH/c1-7-11-9(6-12-7)8-2-4-10-5-3-8;;/h6,8,10H,2-5H2,1H3;2*1H. The maximum absolute atomic E-state index is 4.53. The Bertz CT molecular complexity index is 259. The van der Waals surface area contributed by atoms with Crippen LogP contribution in [0.5, 0.6) is 0 Å². The van der Waals surface area contributed by atoms with Crippen LogP contribution in [0.15, 0.2) is 5.38 Å². The molecule has 0 bridgehead atoms. The molecule has 0 saturated carbocycles. The number of nitrogens with zero attached hydrogens (tertiary/aromatic N) is 1. The second-order valence-corrected chi connectivity index (χ2v) is 4.38. The van der Waals surface area contributed by atoms with Crippen molar-refractivity contribution in [3.05, 3.63) is 16.1 Å². The molecule has 1 aliphatic rings. The lowest BCUT2D eigenvalue weighted by molar-refractivity contribution is 0.454. The van der Waals surface area contributed by atoms with Crippen LogP contribution >= 0.6 is 36.2 Å². The van der Waals surface area contributed by atoms with Gasteiger partial charge in [0, 0.05) is 11.3 Å². The second-order valence-electron chi connectivity index (χ2n) is 3.32. The van der Waals surface area contributed by atoms with Gasteiger partial charge in [0.25, 0.3) is 0 Å². The predicted octanol–water partition coefficient (Wildman–Crippen LogP) is 2.76. The largest absolute Gasteiger partial charge is 0.317 e. The monoisotopic (exact) mass is 254 g/mol. The summed E-state index contributed by atoms with van der Waals surface area (Å²) in [4.78, 5) is 4.53. The van der Waals surface area contributed by atoms with E-state index < -0.39 is 0 Å². The summed E-state index contributed by atoms with van der Waals surface area (Å²) in [5, 5.41) is 6.78. The number of piperidine rings is 1. The highest BCUT2D eigenvalue weighted by molar-refractivity contribution is 7.09. The van der Waals surface area contributed by atoms with E-state index in [0.29, 0.717) is 0 Å². The summed E-state index contributed by atoms with van der Waals surface area (Å²) in [5.41, 5.74) is 1.32. The van der Waals surface area contributed by atoms with E-state index in [1.807, 2.05) is 0 Å². The SMILES string of the molecule is Cc1nc(C2CCNCC2)cs1.Cl.Cl. The highest BCUT2D eigenvalue weighted by Gasteiger charge is 2.16. The highest BCUT2D eigenvalue weighted by Crippen LogP contribution is 2.25. The molecule has 2 rings (SSSR count). The number of rotatable bonds is 1. The molecule has 0 atom stereocenters. The van der Waals surface area contributed by atoms with Gasteiger partial charge in [0.1, 0.15) is 0 Å². The zero-order valence-electron chi connectivity index (χ0n) is 8.16. The lowest BCUT2D eigenvalue weighted by atomic mass is 9.95. The van der Waals surface area contributed by atoms with Gasteiger partial charge in [-0.15, -0.1) is 36.2 Å². The van der Waals surface area contributed by atoms with E-state index in [4.69, 9.17) is 0 Å². The minimum atomic E-state index is 0. The van der Waals surface area contributed by atoms with E-state index in [-0.39, 0.29) is 24.8 Å². The summed E-state index contributed by atoms with van der Waals surface area (Å²) >= 11 is 1.77. The molecule has 5 heteroatoms. The predicted molar refractivity (Wildman–Crippen MR) is 66.2 cm³/mol. The number of nitrogens with one attached hydrogen (secondary N) is 1. The molecule has 0 aliphatic carbocycles. The Hall–Kier alpha value is 0.170. The first-order valence-electron chi connectivity index (χ1n) is 4.49. The van der Waals surface area contributed by atoms with Crippen molar-refractivity contribution in [1.82, 2.24) is 10.3 Å². The molecule has 1 fully saturated rings. The quantitative estimate of drug-likeness (QED) is 0.834. The summed E-state index contributed by atoms with van der Waals surface area (Å²) in [6.07, 6.45) is 2.51. The number of aryl methyl sites for hydroxylation is 1. The second kappa shape index (κ2) is 6.62. The zero-order chi connectivity index (χ0) is 8.39. The van der Waals surface area contributed by atoms with E-state index in [9.17, 15) is 0 Å². The molecule has 82 valence electrons. The first-order chi connectivity index (χ1) is 5.86. The smallest absolute Gasteiger partial charge is 0.0897 e. The lowest BCUT2D eigenvalue weighted by Crippen LogP contribution is -2.26. The van der Waals surface area contributed by atoms with E-state index >= 15 is 0 Å². The van der Waals surface area contributed by atoms with Crippen LogP contribution in [-0.2, 0) is 0 Å². The minimum Gasteiger partial charge on any atom is -0.317 e. The number of aromatic nitrogens is 1. The first kappa shape index (κ1) is 14.2. The van der Waals surface area contributed by atoms with Crippen LogP contribution in [0.4, 0.5) is 0 Å². The normalized spacial score (nSPS) is 16.9. The summed E-state index contributed by atoms with van der Waals surface area (Å²) in [6.45, 7) is 4.39. The van der Waals surface area contributed by atoms with Gasteiger partial charge in [0.2, 0.25) is 0 Å². The van der Waals surface area contributed by atoms with Crippen molar-refractivity contribution in [2.75, 3.05) is 13.1 Å². The fraction of sp³-hybridized carbons (Fsp3) is 0.667. The van der Waals surface area contributed by atoms with Gasteiger partial charge in [0.05, 0.1) is 10.7 Å². The molecule has 1 N–H and O–H groups in total. The van der Waals surface area contributed by atoms with E-state index in [1.165, 1.54) is 23.5 Å². The average Bonchev–Trinajstić information content (AvgIpc) is 2.54. The Morgan fingerprint density at radius 3 is 2.50 bits per heavy atom. The highest BCUT2D eigenvalue weighted by atomic mass is 35.5. The van der Waals surface area contributed by atoms with E-state index in [1.54, 1.807) is 11.3 Å². The van der Waals surface area contributed by atoms with Crippen LogP contribution in [0.3, 0.4) is 0 Å². The third-order valence-corrected chi connectivity index (χ3v) is 3.19. The third-order valence-electron chi connectivity index (χ3n) is 2.39. The van der Waals surface area contributed by atoms with E-state index in [2.05, 4.69) is 22.6 Å². The molecule has 1 saturated heterocycles. The van der Waals surface area contributed by atoms with Gasteiger partial charge in [-0.3, -0.25) is 0 Å². The molecule has 0 radical (unpaired) electrons. The van der Waals surface area contributed by atoms with Crippen LogP contribution in [-0.4, -0.2) is 18.1 Å². The Balaban J connectivity index is 0.000000845. The molecule has 1 aromatic rings. The van der Waals surface area contributed by atoms with Gasteiger partial charge in [-0.25, -0.2) is 4.98 Å². The fourth-order valence-corrected chi connectivity index (χ4v) is 2.38. The van der Waals surface area contributed by atoms with Crippen LogP contribution in [0, 0.1) is 6.92 Å². The lowest BCUT2D eigenvalue weighted by Gasteiger charge is -2.20. The molecule has 0 amide bonds. The molecule has 2 nitrogen and oxygen atoms in total. The van der Waals surface area contributed by atoms with Crippen molar-refractivity contribution in [2.24, 2.45) is 0 Å². The van der Waals surface area contributed by atoms with Gasteiger partial charge in [0.15, 0.2) is 0 Å². The number of thiazole rings is 1. The minimum absolute atomic E-state index is 0. The molecule has 14 heavy (non-hydrogen) atoms. The summed E-state index contributed by atoms with van der Waals surface area (Å²) in [5.74, 6) is 0.719. The summed E-state index contributed by atoms with van der Waals surface area (Å²) < 4.78 is 0. The van der Waals surface area contributed by atoms with Crippen LogP contribution in [0.25, 0.3) is 0 Å². The van der Waals surface area contributed by atoms with Gasteiger partial charge >= 0.3 is 0 Å². The molecule has 0 spiro atoms. The number of hydrogen-bond acceptors (Lipinski definition) is 3. The molecule has 0 aromatic carbocycles.